The van der Waals surface area contributed by atoms with Crippen molar-refractivity contribution in [2.45, 2.75) is 65.5 Å². The minimum absolute atomic E-state index is 0.0179. The first-order valence-electron chi connectivity index (χ1n) is 13.1. The van der Waals surface area contributed by atoms with Gasteiger partial charge in [-0.05, 0) is 61.6 Å². The molecule has 8 nitrogen and oxygen atoms in total. The Morgan fingerprint density at radius 1 is 1.21 bits per heavy atom. The second kappa shape index (κ2) is 11.4. The van der Waals surface area contributed by atoms with Crippen LogP contribution in [0, 0.1) is 11.3 Å². The fourth-order valence-corrected chi connectivity index (χ4v) is 8.20. The van der Waals surface area contributed by atoms with E-state index in [9.17, 15) is 23.1 Å². The highest BCUT2D eigenvalue weighted by atomic mass is 32.2. The third-order valence-corrected chi connectivity index (χ3v) is 10.5. The lowest BCUT2D eigenvalue weighted by molar-refractivity contribution is 0.0939. The van der Waals surface area contributed by atoms with Gasteiger partial charge < -0.3 is 20.5 Å². The zero-order valence-electron chi connectivity index (χ0n) is 22.5. The molecule has 3 atom stereocenters. The van der Waals surface area contributed by atoms with E-state index in [1.54, 1.807) is 35.6 Å². The van der Waals surface area contributed by atoms with Gasteiger partial charge in [-0.2, -0.15) is 0 Å². The quantitative estimate of drug-likeness (QED) is 0.397. The van der Waals surface area contributed by atoms with Gasteiger partial charge in [-0.15, -0.1) is 11.3 Å². The minimum atomic E-state index is -3.12. The van der Waals surface area contributed by atoms with Crippen LogP contribution in [-0.4, -0.2) is 62.0 Å². The standard InChI is InChI=1S/C28H38N2O6S2/c1-17(31)21-7-5-6-8-23(21)36-15-20(32)14-29-27-25(26(33)30-19-11-12-38(34,35)16-19)22-10-9-18(28(2,3)4)13-24(22)37-27/h5-8,18-20,29,32H,9-16H2,1-4H3,(H,30,33). The first-order valence-corrected chi connectivity index (χ1v) is 15.8. The number of ether oxygens (including phenoxy) is 1. The number of aliphatic hydroxyl groups excluding tert-OH is 1. The maximum Gasteiger partial charge on any atom is 0.254 e. The number of fused-ring (bicyclic) bond motifs is 1. The predicted octanol–water partition coefficient (Wildman–Crippen LogP) is 3.87. The number of Topliss-reactive ketones (excluding diaryl/α,β-unsaturated/α-hetero) is 1. The van der Waals surface area contributed by atoms with Gasteiger partial charge in [-0.3, -0.25) is 9.59 Å². The number of benzene rings is 1. The summed E-state index contributed by atoms with van der Waals surface area (Å²) >= 11 is 1.54. The van der Waals surface area contributed by atoms with Crippen LogP contribution in [0.3, 0.4) is 0 Å². The second-order valence-electron chi connectivity index (χ2n) is 11.5. The Hall–Kier alpha value is -2.43. The maximum absolute atomic E-state index is 13.4. The third-order valence-electron chi connectivity index (χ3n) is 7.48. The molecule has 1 saturated heterocycles. The van der Waals surface area contributed by atoms with Gasteiger partial charge in [0.15, 0.2) is 15.6 Å². The fourth-order valence-electron chi connectivity index (χ4n) is 5.20. The predicted molar refractivity (Wildman–Crippen MR) is 150 cm³/mol. The highest BCUT2D eigenvalue weighted by Crippen LogP contribution is 2.44. The monoisotopic (exact) mass is 562 g/mol. The van der Waals surface area contributed by atoms with Crippen molar-refractivity contribution in [3.8, 4) is 5.75 Å². The van der Waals surface area contributed by atoms with Gasteiger partial charge in [0.1, 0.15) is 23.5 Å². The van der Waals surface area contributed by atoms with Crippen LogP contribution in [0.5, 0.6) is 5.75 Å². The molecule has 3 unspecified atom stereocenters. The summed E-state index contributed by atoms with van der Waals surface area (Å²) in [6, 6.07) is 6.53. The smallest absolute Gasteiger partial charge is 0.254 e. The van der Waals surface area contributed by atoms with Crippen LogP contribution in [0.15, 0.2) is 24.3 Å². The molecule has 1 fully saturated rings. The van der Waals surface area contributed by atoms with Crippen molar-refractivity contribution in [2.75, 3.05) is 30.0 Å². The highest BCUT2D eigenvalue weighted by Gasteiger charge is 2.35. The van der Waals surface area contributed by atoms with Crippen LogP contribution < -0.4 is 15.4 Å². The summed E-state index contributed by atoms with van der Waals surface area (Å²) in [5.41, 5.74) is 2.20. The first-order chi connectivity index (χ1) is 17.8. The van der Waals surface area contributed by atoms with Gasteiger partial charge in [0.25, 0.3) is 5.91 Å². The minimum Gasteiger partial charge on any atom is -0.490 e. The first kappa shape index (κ1) is 28.6. The van der Waals surface area contributed by atoms with Gasteiger partial charge in [0, 0.05) is 17.5 Å². The summed E-state index contributed by atoms with van der Waals surface area (Å²) < 4.78 is 29.6. The molecular weight excluding hydrogens is 524 g/mol. The number of nitrogens with one attached hydrogen (secondary N) is 2. The average Bonchev–Trinajstić information content (AvgIpc) is 3.39. The highest BCUT2D eigenvalue weighted by molar-refractivity contribution is 7.91. The number of carbonyl (C=O) groups is 2. The molecule has 2 heterocycles. The Kier molecular flexibility index (Phi) is 8.54. The molecule has 1 aliphatic carbocycles. The Morgan fingerprint density at radius 3 is 2.61 bits per heavy atom. The molecule has 38 heavy (non-hydrogen) atoms. The van der Waals surface area contributed by atoms with Crippen molar-refractivity contribution in [3.63, 3.8) is 0 Å². The third kappa shape index (κ3) is 6.76. The zero-order chi connectivity index (χ0) is 27.7. The number of aliphatic hydroxyl groups is 1. The molecule has 1 amide bonds. The normalized spacial score (nSPS) is 21.4. The molecule has 4 rings (SSSR count). The lowest BCUT2D eigenvalue weighted by Crippen LogP contribution is -2.36. The van der Waals surface area contributed by atoms with E-state index in [4.69, 9.17) is 4.74 Å². The number of thiophene rings is 1. The molecule has 1 aromatic heterocycles. The van der Waals surface area contributed by atoms with Crippen LogP contribution >= 0.6 is 11.3 Å². The summed E-state index contributed by atoms with van der Waals surface area (Å²) in [5.74, 6) is 0.608. The lowest BCUT2D eigenvalue weighted by atomic mass is 9.72. The lowest BCUT2D eigenvalue weighted by Gasteiger charge is -2.33. The summed E-state index contributed by atoms with van der Waals surface area (Å²) in [5, 5.41) is 17.5. The summed E-state index contributed by atoms with van der Waals surface area (Å²) in [6.07, 6.45) is 2.20. The van der Waals surface area contributed by atoms with E-state index in [-0.39, 0.29) is 47.8 Å². The SMILES string of the molecule is CC(=O)c1ccccc1OCC(O)CNc1sc2c(c1C(=O)NC1CCS(=O)(=O)C1)CCC(C(C)(C)C)C2. The van der Waals surface area contributed by atoms with Crippen molar-refractivity contribution < 1.29 is 27.9 Å². The van der Waals surface area contributed by atoms with Crippen LogP contribution in [-0.2, 0) is 22.7 Å². The average molecular weight is 563 g/mol. The topological polar surface area (TPSA) is 122 Å². The molecule has 0 spiro atoms. The van der Waals surface area contributed by atoms with E-state index in [1.807, 2.05) is 0 Å². The summed E-state index contributed by atoms with van der Waals surface area (Å²) in [4.78, 5) is 26.5. The molecule has 1 aromatic carbocycles. The van der Waals surface area contributed by atoms with Crippen molar-refractivity contribution in [1.29, 1.82) is 0 Å². The molecule has 0 saturated carbocycles. The number of ketones is 1. The second-order valence-corrected chi connectivity index (χ2v) is 14.8. The number of hydrogen-bond donors (Lipinski definition) is 3. The number of hydrogen-bond acceptors (Lipinski definition) is 8. The molecule has 3 N–H and O–H groups in total. The Balaban J connectivity index is 1.48. The fraction of sp³-hybridized carbons (Fsp3) is 0.571. The summed E-state index contributed by atoms with van der Waals surface area (Å²) in [7, 11) is -3.12. The maximum atomic E-state index is 13.4. The number of carbonyl (C=O) groups excluding carboxylic acids is 2. The van der Waals surface area contributed by atoms with Crippen molar-refractivity contribution in [2.24, 2.45) is 11.3 Å². The summed E-state index contributed by atoms with van der Waals surface area (Å²) in [6.45, 7) is 8.33. The van der Waals surface area contributed by atoms with Gasteiger partial charge >= 0.3 is 0 Å². The largest absolute Gasteiger partial charge is 0.490 e. The molecule has 2 aromatic rings. The zero-order valence-corrected chi connectivity index (χ0v) is 24.1. The molecule has 0 radical (unpaired) electrons. The number of rotatable bonds is 9. The van der Waals surface area contributed by atoms with Gasteiger partial charge in [-0.1, -0.05) is 32.9 Å². The van der Waals surface area contributed by atoms with Gasteiger partial charge in [0.2, 0.25) is 0 Å². The number of anilines is 1. The Bertz CT molecular complexity index is 1290. The molecule has 10 heteroatoms. The van der Waals surface area contributed by atoms with Crippen molar-refractivity contribution in [3.05, 3.63) is 45.8 Å². The molecule has 0 bridgehead atoms. The Morgan fingerprint density at radius 2 is 1.95 bits per heavy atom. The van der Waals surface area contributed by atoms with E-state index in [2.05, 4.69) is 31.4 Å². The van der Waals surface area contributed by atoms with E-state index in [1.165, 1.54) is 11.8 Å². The Labute approximate surface area is 229 Å². The number of para-hydroxylation sites is 1. The molecule has 2 aliphatic rings. The van der Waals surface area contributed by atoms with Crippen LogP contribution in [0.4, 0.5) is 5.00 Å². The van der Waals surface area contributed by atoms with E-state index < -0.39 is 15.9 Å². The number of amides is 1. The number of sulfone groups is 1. The van der Waals surface area contributed by atoms with Crippen LogP contribution in [0.1, 0.15) is 71.7 Å². The van der Waals surface area contributed by atoms with Crippen LogP contribution in [0.2, 0.25) is 0 Å². The van der Waals surface area contributed by atoms with E-state index >= 15 is 0 Å². The molecular formula is C28H38N2O6S2. The molecule has 208 valence electrons. The van der Waals surface area contributed by atoms with Crippen molar-refractivity contribution in [1.82, 2.24) is 5.32 Å². The molecule has 1 aliphatic heterocycles. The van der Waals surface area contributed by atoms with Crippen LogP contribution in [0.25, 0.3) is 0 Å². The van der Waals surface area contributed by atoms with E-state index in [0.717, 1.165) is 24.8 Å². The van der Waals surface area contributed by atoms with Gasteiger partial charge in [0.05, 0.1) is 22.6 Å². The van der Waals surface area contributed by atoms with Gasteiger partial charge in [-0.25, -0.2) is 8.42 Å². The van der Waals surface area contributed by atoms with Crippen molar-refractivity contribution >= 4 is 37.9 Å². The van der Waals surface area contributed by atoms with E-state index in [0.29, 0.717) is 34.2 Å².